The van der Waals surface area contributed by atoms with Crippen LogP contribution >= 0.6 is 11.3 Å². The van der Waals surface area contributed by atoms with Crippen molar-refractivity contribution in [2.45, 2.75) is 13.3 Å². The van der Waals surface area contributed by atoms with Crippen LogP contribution in [-0.4, -0.2) is 24.8 Å². The number of anilines is 1. The Bertz CT molecular complexity index is 460. The maximum Gasteiger partial charge on any atom is 0.0915 e. The number of rotatable bonds is 6. The van der Waals surface area contributed by atoms with Gasteiger partial charge in [-0.3, -0.25) is 0 Å². The molecule has 2 rings (SSSR count). The number of hydrogen-bond acceptors (Lipinski definition) is 3. The van der Waals surface area contributed by atoms with Crippen molar-refractivity contribution in [3.8, 4) is 10.4 Å². The van der Waals surface area contributed by atoms with E-state index in [2.05, 4.69) is 48.2 Å². The van der Waals surface area contributed by atoms with E-state index in [4.69, 9.17) is 5.11 Å². The Morgan fingerprint density at radius 1 is 1.06 bits per heavy atom. The van der Waals surface area contributed by atoms with Gasteiger partial charge < -0.3 is 10.0 Å². The lowest BCUT2D eigenvalue weighted by atomic mass is 10.2. The van der Waals surface area contributed by atoms with Crippen LogP contribution < -0.4 is 4.90 Å². The maximum atomic E-state index is 9.11. The molecule has 0 aliphatic heterocycles. The van der Waals surface area contributed by atoms with E-state index in [0.29, 0.717) is 6.54 Å². The summed E-state index contributed by atoms with van der Waals surface area (Å²) in [5.74, 6) is 0. The number of aliphatic hydroxyl groups is 1. The van der Waals surface area contributed by atoms with Gasteiger partial charge in [-0.2, -0.15) is 0 Å². The second-order valence-electron chi connectivity index (χ2n) is 4.21. The van der Waals surface area contributed by atoms with Crippen LogP contribution in [0.4, 0.5) is 5.00 Å². The molecule has 2 nitrogen and oxygen atoms in total. The number of thiophene rings is 1. The zero-order valence-electron chi connectivity index (χ0n) is 10.7. The average Bonchev–Trinajstić information content (AvgIpc) is 2.89. The van der Waals surface area contributed by atoms with E-state index in [-0.39, 0.29) is 6.61 Å². The molecular formula is C15H19NOS. The highest BCUT2D eigenvalue weighted by Crippen LogP contribution is 2.33. The lowest BCUT2D eigenvalue weighted by Gasteiger charge is -2.20. The molecular weight excluding hydrogens is 242 g/mol. The van der Waals surface area contributed by atoms with E-state index in [1.807, 2.05) is 6.07 Å². The number of benzene rings is 1. The zero-order chi connectivity index (χ0) is 12.8. The summed E-state index contributed by atoms with van der Waals surface area (Å²) in [5, 5.41) is 10.4. The fourth-order valence-electron chi connectivity index (χ4n) is 1.98. The van der Waals surface area contributed by atoms with Gasteiger partial charge in [0.2, 0.25) is 0 Å². The Balaban J connectivity index is 2.18. The minimum Gasteiger partial charge on any atom is -0.395 e. The molecule has 1 heterocycles. The molecule has 96 valence electrons. The molecule has 3 heteroatoms. The lowest BCUT2D eigenvalue weighted by Crippen LogP contribution is -2.26. The summed E-state index contributed by atoms with van der Waals surface area (Å²) in [6, 6.07) is 14.7. The van der Waals surface area contributed by atoms with Crippen molar-refractivity contribution in [3.05, 3.63) is 42.5 Å². The Labute approximate surface area is 113 Å². The Morgan fingerprint density at radius 2 is 1.83 bits per heavy atom. The monoisotopic (exact) mass is 261 g/mol. The quantitative estimate of drug-likeness (QED) is 0.858. The number of hydrogen-bond donors (Lipinski definition) is 1. The topological polar surface area (TPSA) is 23.5 Å². The molecule has 0 fully saturated rings. The van der Waals surface area contributed by atoms with Gasteiger partial charge >= 0.3 is 0 Å². The summed E-state index contributed by atoms with van der Waals surface area (Å²) < 4.78 is 0. The van der Waals surface area contributed by atoms with E-state index >= 15 is 0 Å². The van der Waals surface area contributed by atoms with E-state index in [9.17, 15) is 0 Å². The van der Waals surface area contributed by atoms with Crippen molar-refractivity contribution < 1.29 is 5.11 Å². The third-order valence-electron chi connectivity index (χ3n) is 2.83. The van der Waals surface area contributed by atoms with Crippen LogP contribution in [0.2, 0.25) is 0 Å². The molecule has 0 radical (unpaired) electrons. The van der Waals surface area contributed by atoms with Crippen molar-refractivity contribution in [2.75, 3.05) is 24.6 Å². The van der Waals surface area contributed by atoms with Gasteiger partial charge in [-0.1, -0.05) is 37.3 Å². The molecule has 0 aliphatic rings. The largest absolute Gasteiger partial charge is 0.395 e. The normalized spacial score (nSPS) is 10.6. The van der Waals surface area contributed by atoms with Crippen LogP contribution in [-0.2, 0) is 0 Å². The van der Waals surface area contributed by atoms with Gasteiger partial charge in [-0.25, -0.2) is 0 Å². The van der Waals surface area contributed by atoms with E-state index in [1.54, 1.807) is 11.3 Å². The van der Waals surface area contributed by atoms with Gasteiger partial charge in [-0.05, 0) is 24.1 Å². The first-order chi connectivity index (χ1) is 8.85. The average molecular weight is 261 g/mol. The Kier molecular flexibility index (Phi) is 4.79. The first-order valence-electron chi connectivity index (χ1n) is 6.36. The second kappa shape index (κ2) is 6.57. The molecule has 0 saturated heterocycles. The van der Waals surface area contributed by atoms with E-state index < -0.39 is 0 Å². The summed E-state index contributed by atoms with van der Waals surface area (Å²) in [6.45, 7) is 4.08. The molecule has 0 saturated carbocycles. The van der Waals surface area contributed by atoms with E-state index in [0.717, 1.165) is 13.0 Å². The zero-order valence-corrected chi connectivity index (χ0v) is 11.5. The molecule has 0 unspecified atom stereocenters. The number of aliphatic hydroxyl groups excluding tert-OH is 1. The van der Waals surface area contributed by atoms with Gasteiger partial charge in [0, 0.05) is 18.0 Å². The summed E-state index contributed by atoms with van der Waals surface area (Å²) >= 11 is 1.79. The van der Waals surface area contributed by atoms with Crippen molar-refractivity contribution in [1.29, 1.82) is 0 Å². The third kappa shape index (κ3) is 3.12. The van der Waals surface area contributed by atoms with Gasteiger partial charge in [-0.15, -0.1) is 11.3 Å². The van der Waals surface area contributed by atoms with Gasteiger partial charge in [0.1, 0.15) is 0 Å². The summed E-state index contributed by atoms with van der Waals surface area (Å²) in [7, 11) is 0. The standard InChI is InChI=1S/C15H19NOS/c1-2-10-16(11-12-17)15-9-8-14(18-15)13-6-4-3-5-7-13/h3-9,17H,2,10-12H2,1H3. The fraction of sp³-hybridized carbons (Fsp3) is 0.333. The van der Waals surface area contributed by atoms with Crippen LogP contribution in [0.25, 0.3) is 10.4 Å². The lowest BCUT2D eigenvalue weighted by molar-refractivity contribution is 0.302. The van der Waals surface area contributed by atoms with Crippen molar-refractivity contribution in [3.63, 3.8) is 0 Å². The number of nitrogens with zero attached hydrogens (tertiary/aromatic N) is 1. The molecule has 1 aromatic carbocycles. The van der Waals surface area contributed by atoms with Gasteiger partial charge in [0.05, 0.1) is 11.6 Å². The summed E-state index contributed by atoms with van der Waals surface area (Å²) in [5.41, 5.74) is 1.26. The molecule has 1 aromatic heterocycles. The second-order valence-corrected chi connectivity index (χ2v) is 5.28. The van der Waals surface area contributed by atoms with Crippen LogP contribution in [0.5, 0.6) is 0 Å². The van der Waals surface area contributed by atoms with Crippen LogP contribution in [0.3, 0.4) is 0 Å². The molecule has 0 spiro atoms. The maximum absolute atomic E-state index is 9.11. The highest BCUT2D eigenvalue weighted by Gasteiger charge is 2.08. The Hall–Kier alpha value is -1.32. The molecule has 2 aromatic rings. The molecule has 0 atom stereocenters. The van der Waals surface area contributed by atoms with Crippen LogP contribution in [0, 0.1) is 0 Å². The predicted octanol–water partition coefficient (Wildman–Crippen LogP) is 3.62. The SMILES string of the molecule is CCCN(CCO)c1ccc(-c2ccccc2)s1. The minimum absolute atomic E-state index is 0.207. The molecule has 0 bridgehead atoms. The smallest absolute Gasteiger partial charge is 0.0915 e. The first-order valence-corrected chi connectivity index (χ1v) is 7.18. The fourth-order valence-corrected chi connectivity index (χ4v) is 3.04. The predicted molar refractivity (Wildman–Crippen MR) is 79.3 cm³/mol. The summed E-state index contributed by atoms with van der Waals surface area (Å²) in [6.07, 6.45) is 1.10. The van der Waals surface area contributed by atoms with Crippen molar-refractivity contribution >= 4 is 16.3 Å². The molecule has 1 N–H and O–H groups in total. The third-order valence-corrected chi connectivity index (χ3v) is 4.02. The highest BCUT2D eigenvalue weighted by atomic mass is 32.1. The van der Waals surface area contributed by atoms with Crippen LogP contribution in [0.1, 0.15) is 13.3 Å². The van der Waals surface area contributed by atoms with Crippen LogP contribution in [0.15, 0.2) is 42.5 Å². The van der Waals surface area contributed by atoms with Gasteiger partial charge in [0.15, 0.2) is 0 Å². The highest BCUT2D eigenvalue weighted by molar-refractivity contribution is 7.19. The summed E-state index contributed by atoms with van der Waals surface area (Å²) in [4.78, 5) is 3.53. The van der Waals surface area contributed by atoms with Gasteiger partial charge in [0.25, 0.3) is 0 Å². The van der Waals surface area contributed by atoms with Crippen molar-refractivity contribution in [2.24, 2.45) is 0 Å². The molecule has 18 heavy (non-hydrogen) atoms. The van der Waals surface area contributed by atoms with E-state index in [1.165, 1.54) is 15.4 Å². The Morgan fingerprint density at radius 3 is 2.50 bits per heavy atom. The van der Waals surface area contributed by atoms with Crippen molar-refractivity contribution in [1.82, 2.24) is 0 Å². The molecule has 0 amide bonds. The molecule has 0 aliphatic carbocycles. The first kappa shape index (κ1) is 13.1. The minimum atomic E-state index is 0.207.